The van der Waals surface area contributed by atoms with E-state index in [1.165, 1.54) is 11.8 Å². The van der Waals surface area contributed by atoms with Gasteiger partial charge in [0.25, 0.3) is 0 Å². The standard InChI is InChI=1S/C17H34O4SSi/c1-9-11-12-20-15(18)14(13(3)16(19)22-10-2)21-23(7,8)17(4,5)6/h13-14H,9-12H2,1-8H3/t13-,14-/m1/s1. The highest BCUT2D eigenvalue weighted by Gasteiger charge is 2.44. The summed E-state index contributed by atoms with van der Waals surface area (Å²) >= 11 is 1.24. The fourth-order valence-corrected chi connectivity index (χ4v) is 3.60. The highest BCUT2D eigenvalue weighted by Crippen LogP contribution is 2.38. The van der Waals surface area contributed by atoms with E-state index in [1.807, 2.05) is 13.8 Å². The first-order chi connectivity index (χ1) is 10.5. The van der Waals surface area contributed by atoms with Gasteiger partial charge in [-0.1, -0.05) is 59.7 Å². The Hall–Kier alpha value is -0.333. The van der Waals surface area contributed by atoms with Crippen LogP contribution in [0.4, 0.5) is 0 Å². The molecule has 0 aromatic rings. The number of carbonyl (C=O) groups is 2. The highest BCUT2D eigenvalue weighted by atomic mass is 32.2. The van der Waals surface area contributed by atoms with Crippen LogP contribution in [0.15, 0.2) is 0 Å². The monoisotopic (exact) mass is 362 g/mol. The number of rotatable bonds is 9. The predicted molar refractivity (Wildman–Crippen MR) is 100 cm³/mol. The van der Waals surface area contributed by atoms with E-state index in [-0.39, 0.29) is 10.2 Å². The average molecular weight is 363 g/mol. The van der Waals surface area contributed by atoms with Gasteiger partial charge in [0.15, 0.2) is 19.5 Å². The highest BCUT2D eigenvalue weighted by molar-refractivity contribution is 8.13. The molecular weight excluding hydrogens is 328 g/mol. The van der Waals surface area contributed by atoms with Crippen LogP contribution in [0.25, 0.3) is 0 Å². The van der Waals surface area contributed by atoms with Crippen LogP contribution in [-0.4, -0.2) is 37.9 Å². The SMILES string of the molecule is CCCCOC(=O)[C@H](O[Si](C)(C)C(C)(C)C)[C@@H](C)C(=O)SCC. The lowest BCUT2D eigenvalue weighted by Crippen LogP contribution is -2.49. The minimum atomic E-state index is -2.17. The minimum absolute atomic E-state index is 0.0105. The Morgan fingerprint density at radius 3 is 2.17 bits per heavy atom. The molecule has 0 bridgehead atoms. The number of hydrogen-bond donors (Lipinski definition) is 0. The second kappa shape index (κ2) is 9.84. The Bertz CT molecular complexity index is 391. The summed E-state index contributed by atoms with van der Waals surface area (Å²) in [6.07, 6.45) is 0.977. The zero-order valence-electron chi connectivity index (χ0n) is 16.0. The largest absolute Gasteiger partial charge is 0.464 e. The summed E-state index contributed by atoms with van der Waals surface area (Å²) in [6, 6.07) is 0. The molecule has 0 heterocycles. The number of ether oxygens (including phenoxy) is 1. The summed E-state index contributed by atoms with van der Waals surface area (Å²) in [7, 11) is -2.17. The van der Waals surface area contributed by atoms with Gasteiger partial charge in [0.1, 0.15) is 0 Å². The zero-order valence-corrected chi connectivity index (χ0v) is 17.8. The summed E-state index contributed by atoms with van der Waals surface area (Å²) in [5.41, 5.74) is 0. The third kappa shape index (κ3) is 7.39. The molecule has 0 spiro atoms. The van der Waals surface area contributed by atoms with Crippen molar-refractivity contribution in [1.29, 1.82) is 0 Å². The lowest BCUT2D eigenvalue weighted by Gasteiger charge is -2.39. The van der Waals surface area contributed by atoms with Crippen LogP contribution in [0.2, 0.25) is 18.1 Å². The van der Waals surface area contributed by atoms with Gasteiger partial charge in [-0.2, -0.15) is 0 Å². The lowest BCUT2D eigenvalue weighted by molar-refractivity contribution is -0.156. The van der Waals surface area contributed by atoms with Crippen molar-refractivity contribution in [1.82, 2.24) is 0 Å². The molecule has 4 nitrogen and oxygen atoms in total. The fourth-order valence-electron chi connectivity index (χ4n) is 1.65. The quantitative estimate of drug-likeness (QED) is 0.340. The van der Waals surface area contributed by atoms with E-state index >= 15 is 0 Å². The van der Waals surface area contributed by atoms with Crippen LogP contribution in [0.3, 0.4) is 0 Å². The molecule has 0 rings (SSSR count). The Labute approximate surface area is 147 Å². The molecule has 136 valence electrons. The number of unbranched alkanes of at least 4 members (excludes halogenated alkanes) is 1. The summed E-state index contributed by atoms with van der Waals surface area (Å²) in [6.45, 7) is 16.6. The third-order valence-electron chi connectivity index (χ3n) is 4.31. The predicted octanol–water partition coefficient (Wildman–Crippen LogP) is 4.64. The molecular formula is C17H34O4SSi. The molecule has 0 N–H and O–H groups in total. The number of hydrogen-bond acceptors (Lipinski definition) is 5. The van der Waals surface area contributed by atoms with Gasteiger partial charge in [-0.15, -0.1) is 0 Å². The summed E-state index contributed by atoms with van der Waals surface area (Å²) in [5, 5.41) is -0.0426. The Balaban J connectivity index is 5.21. The maximum atomic E-state index is 12.5. The second-order valence-corrected chi connectivity index (χ2v) is 13.4. The van der Waals surface area contributed by atoms with E-state index in [0.717, 1.165) is 12.8 Å². The topological polar surface area (TPSA) is 52.6 Å². The van der Waals surface area contributed by atoms with E-state index in [2.05, 4.69) is 33.9 Å². The minimum Gasteiger partial charge on any atom is -0.464 e. The average Bonchev–Trinajstić information content (AvgIpc) is 2.43. The number of carbonyl (C=O) groups excluding carboxylic acids is 2. The van der Waals surface area contributed by atoms with Gasteiger partial charge in [0.05, 0.1) is 12.5 Å². The van der Waals surface area contributed by atoms with Crippen molar-refractivity contribution in [2.24, 2.45) is 5.92 Å². The van der Waals surface area contributed by atoms with Gasteiger partial charge < -0.3 is 9.16 Å². The number of thioether (sulfide) groups is 1. The van der Waals surface area contributed by atoms with Gasteiger partial charge in [-0.05, 0) is 30.3 Å². The zero-order chi connectivity index (χ0) is 18.3. The maximum absolute atomic E-state index is 12.5. The van der Waals surface area contributed by atoms with Crippen molar-refractivity contribution in [3.05, 3.63) is 0 Å². The van der Waals surface area contributed by atoms with Crippen molar-refractivity contribution < 1.29 is 18.8 Å². The van der Waals surface area contributed by atoms with Gasteiger partial charge in [-0.25, -0.2) is 4.79 Å². The first-order valence-electron chi connectivity index (χ1n) is 8.49. The third-order valence-corrected chi connectivity index (χ3v) is 9.72. The van der Waals surface area contributed by atoms with Crippen LogP contribution in [0.1, 0.15) is 54.4 Å². The van der Waals surface area contributed by atoms with Crippen LogP contribution < -0.4 is 0 Å². The van der Waals surface area contributed by atoms with Crippen molar-refractivity contribution in [3.8, 4) is 0 Å². The Morgan fingerprint density at radius 1 is 1.17 bits per heavy atom. The van der Waals surface area contributed by atoms with Crippen LogP contribution in [-0.2, 0) is 18.8 Å². The molecule has 0 aromatic heterocycles. The molecule has 2 atom stereocenters. The molecule has 6 heteroatoms. The molecule has 0 radical (unpaired) electrons. The van der Waals surface area contributed by atoms with Gasteiger partial charge in [0.2, 0.25) is 0 Å². The second-order valence-electron chi connectivity index (χ2n) is 7.36. The molecule has 0 aliphatic carbocycles. The molecule has 0 unspecified atom stereocenters. The Morgan fingerprint density at radius 2 is 1.74 bits per heavy atom. The Kier molecular flexibility index (Phi) is 9.70. The molecule has 0 saturated carbocycles. The summed E-state index contributed by atoms with van der Waals surface area (Å²) < 4.78 is 11.6. The molecule has 0 aliphatic rings. The van der Waals surface area contributed by atoms with Crippen LogP contribution in [0, 0.1) is 5.92 Å². The van der Waals surface area contributed by atoms with E-state index in [1.54, 1.807) is 6.92 Å². The molecule has 0 aromatic carbocycles. The first kappa shape index (κ1) is 22.7. The van der Waals surface area contributed by atoms with Gasteiger partial charge in [0, 0.05) is 0 Å². The van der Waals surface area contributed by atoms with Crippen molar-refractivity contribution >= 4 is 31.2 Å². The smallest absolute Gasteiger partial charge is 0.334 e. The van der Waals surface area contributed by atoms with E-state index in [9.17, 15) is 9.59 Å². The number of esters is 1. The van der Waals surface area contributed by atoms with Crippen molar-refractivity contribution in [2.45, 2.75) is 78.6 Å². The summed E-state index contributed by atoms with van der Waals surface area (Å²) in [5.74, 6) is -0.204. The van der Waals surface area contributed by atoms with E-state index in [0.29, 0.717) is 12.4 Å². The van der Waals surface area contributed by atoms with Crippen molar-refractivity contribution in [2.75, 3.05) is 12.4 Å². The molecule has 0 amide bonds. The fraction of sp³-hybridized carbons (Fsp3) is 0.882. The van der Waals surface area contributed by atoms with Gasteiger partial charge in [-0.3, -0.25) is 4.79 Å². The van der Waals surface area contributed by atoms with E-state index < -0.39 is 26.3 Å². The normalized spacial score (nSPS) is 15.1. The first-order valence-corrected chi connectivity index (χ1v) is 12.4. The molecule has 0 aliphatic heterocycles. The van der Waals surface area contributed by atoms with Crippen LogP contribution in [0.5, 0.6) is 0 Å². The molecule has 23 heavy (non-hydrogen) atoms. The van der Waals surface area contributed by atoms with Crippen LogP contribution >= 0.6 is 11.8 Å². The molecule has 0 saturated heterocycles. The molecule has 0 fully saturated rings. The van der Waals surface area contributed by atoms with Gasteiger partial charge >= 0.3 is 5.97 Å². The maximum Gasteiger partial charge on any atom is 0.334 e. The lowest BCUT2D eigenvalue weighted by atomic mass is 10.1. The van der Waals surface area contributed by atoms with Crippen molar-refractivity contribution in [3.63, 3.8) is 0 Å². The summed E-state index contributed by atoms with van der Waals surface area (Å²) in [4.78, 5) is 24.7. The van der Waals surface area contributed by atoms with E-state index in [4.69, 9.17) is 9.16 Å².